The Labute approximate surface area is 221 Å². The zero-order valence-corrected chi connectivity index (χ0v) is 20.1. The van der Waals surface area contributed by atoms with Gasteiger partial charge in [-0.25, -0.2) is 0 Å². The standard InChI is InChI=1S/C26H20F9NO4/c27-24(28,29)15-21(37)36-22(38)23(14-16-6-2-1-3-7-16,17-8-4-10-19(12-17)39-25(30,31)32)18-9-5-11-20(13-18)40-26(33,34)35/h1-13,22,38H,14-15H2,(H,36,37)/t22-/m0/s1. The lowest BCUT2D eigenvalue weighted by Gasteiger charge is -2.40. The second-order valence-corrected chi connectivity index (χ2v) is 8.55. The van der Waals surface area contributed by atoms with Crippen molar-refractivity contribution in [3.8, 4) is 11.5 Å². The quantitative estimate of drug-likeness (QED) is 0.227. The number of ether oxygens (including phenoxy) is 2. The molecule has 5 nitrogen and oxygen atoms in total. The molecule has 1 atom stereocenters. The van der Waals surface area contributed by atoms with Crippen LogP contribution in [0.25, 0.3) is 0 Å². The molecule has 0 aliphatic carbocycles. The van der Waals surface area contributed by atoms with E-state index in [4.69, 9.17) is 0 Å². The zero-order valence-electron chi connectivity index (χ0n) is 20.1. The van der Waals surface area contributed by atoms with Gasteiger partial charge in [0.15, 0.2) is 0 Å². The van der Waals surface area contributed by atoms with Crippen LogP contribution >= 0.6 is 0 Å². The molecule has 1 amide bonds. The molecule has 0 saturated heterocycles. The molecule has 40 heavy (non-hydrogen) atoms. The molecule has 14 heteroatoms. The molecular weight excluding hydrogens is 561 g/mol. The van der Waals surface area contributed by atoms with E-state index in [1.165, 1.54) is 24.3 Å². The Morgan fingerprint density at radius 2 is 1.20 bits per heavy atom. The van der Waals surface area contributed by atoms with Gasteiger partial charge in [0.1, 0.15) is 24.1 Å². The number of halogens is 9. The van der Waals surface area contributed by atoms with Gasteiger partial charge < -0.3 is 19.9 Å². The third kappa shape index (κ3) is 8.53. The van der Waals surface area contributed by atoms with Gasteiger partial charge in [-0.2, -0.15) is 13.2 Å². The van der Waals surface area contributed by atoms with Crippen molar-refractivity contribution in [1.82, 2.24) is 5.32 Å². The number of aliphatic hydroxyl groups is 1. The van der Waals surface area contributed by atoms with Gasteiger partial charge in [-0.05, 0) is 47.4 Å². The van der Waals surface area contributed by atoms with E-state index < -0.39 is 60.8 Å². The van der Waals surface area contributed by atoms with E-state index in [2.05, 4.69) is 9.47 Å². The lowest BCUT2D eigenvalue weighted by molar-refractivity contribution is -0.275. The van der Waals surface area contributed by atoms with Crippen molar-refractivity contribution in [2.24, 2.45) is 0 Å². The molecule has 3 rings (SSSR count). The molecule has 0 saturated carbocycles. The lowest BCUT2D eigenvalue weighted by atomic mass is 9.68. The molecule has 216 valence electrons. The summed E-state index contributed by atoms with van der Waals surface area (Å²) in [6, 6.07) is 15.7. The normalized spacial score (nSPS) is 13.4. The molecule has 3 aromatic carbocycles. The first kappa shape index (κ1) is 30.6. The number of alkyl halides is 9. The number of carbonyl (C=O) groups is 1. The first-order valence-corrected chi connectivity index (χ1v) is 11.3. The van der Waals surface area contributed by atoms with Gasteiger partial charge >= 0.3 is 18.9 Å². The second-order valence-electron chi connectivity index (χ2n) is 8.55. The highest BCUT2D eigenvalue weighted by Gasteiger charge is 2.45. The topological polar surface area (TPSA) is 67.8 Å². The van der Waals surface area contributed by atoms with E-state index in [9.17, 15) is 49.4 Å². The van der Waals surface area contributed by atoms with Crippen LogP contribution in [0.1, 0.15) is 23.1 Å². The van der Waals surface area contributed by atoms with E-state index in [0.29, 0.717) is 5.56 Å². The van der Waals surface area contributed by atoms with Crippen LogP contribution in [-0.4, -0.2) is 36.1 Å². The number of carbonyl (C=O) groups excluding carboxylic acids is 1. The number of benzene rings is 3. The van der Waals surface area contributed by atoms with Crippen molar-refractivity contribution in [3.05, 3.63) is 95.6 Å². The second kappa shape index (κ2) is 11.7. The van der Waals surface area contributed by atoms with Crippen molar-refractivity contribution < 1.29 is 58.9 Å². The van der Waals surface area contributed by atoms with Gasteiger partial charge in [0.2, 0.25) is 5.91 Å². The van der Waals surface area contributed by atoms with Crippen LogP contribution in [0.5, 0.6) is 11.5 Å². The van der Waals surface area contributed by atoms with E-state index in [1.54, 1.807) is 23.5 Å². The summed E-state index contributed by atoms with van der Waals surface area (Å²) in [7, 11) is 0. The SMILES string of the molecule is O=C(CC(F)(F)F)N[C@@H](O)C(Cc1ccccc1)(c1cccc(OC(F)(F)F)c1)c1cccc(OC(F)(F)F)c1. The van der Waals surface area contributed by atoms with Crippen molar-refractivity contribution in [2.75, 3.05) is 0 Å². The molecule has 2 N–H and O–H groups in total. The van der Waals surface area contributed by atoms with Gasteiger partial charge in [-0.15, -0.1) is 26.3 Å². The molecule has 0 bridgehead atoms. The maximum absolute atomic E-state index is 13.0. The summed E-state index contributed by atoms with van der Waals surface area (Å²) in [4.78, 5) is 12.2. The third-order valence-corrected chi connectivity index (χ3v) is 5.62. The molecule has 3 aromatic rings. The predicted molar refractivity (Wildman–Crippen MR) is 122 cm³/mol. The minimum atomic E-state index is -5.15. The van der Waals surface area contributed by atoms with Crippen LogP contribution in [-0.2, 0) is 16.6 Å². The summed E-state index contributed by atoms with van der Waals surface area (Å²) >= 11 is 0. The van der Waals surface area contributed by atoms with Crippen molar-refractivity contribution in [2.45, 2.75) is 43.4 Å². The fraction of sp³-hybridized carbons (Fsp3) is 0.269. The first-order chi connectivity index (χ1) is 18.5. The first-order valence-electron chi connectivity index (χ1n) is 11.3. The molecule has 0 radical (unpaired) electrons. The van der Waals surface area contributed by atoms with Gasteiger partial charge in [-0.3, -0.25) is 4.79 Å². The smallest absolute Gasteiger partial charge is 0.406 e. The summed E-state index contributed by atoms with van der Waals surface area (Å²) in [5, 5.41) is 13.1. The number of rotatable bonds is 9. The average molecular weight is 581 g/mol. The maximum atomic E-state index is 13.0. The van der Waals surface area contributed by atoms with E-state index in [1.807, 2.05) is 0 Å². The summed E-state index contributed by atoms with van der Waals surface area (Å²) in [6.45, 7) is 0. The minimum absolute atomic E-state index is 0.234. The molecule has 0 spiro atoms. The van der Waals surface area contributed by atoms with Crippen LogP contribution in [0.15, 0.2) is 78.9 Å². The van der Waals surface area contributed by atoms with E-state index in [0.717, 1.165) is 36.4 Å². The Kier molecular flexibility index (Phi) is 8.92. The highest BCUT2D eigenvalue weighted by molar-refractivity contribution is 5.77. The molecule has 0 aromatic heterocycles. The number of amides is 1. The Hall–Kier alpha value is -3.94. The highest BCUT2D eigenvalue weighted by Crippen LogP contribution is 2.42. The van der Waals surface area contributed by atoms with Gasteiger partial charge in [-0.1, -0.05) is 54.6 Å². The summed E-state index contributed by atoms with van der Waals surface area (Å²) < 4.78 is 124. The number of hydrogen-bond donors (Lipinski definition) is 2. The van der Waals surface area contributed by atoms with Crippen LogP contribution in [0, 0.1) is 0 Å². The predicted octanol–water partition coefficient (Wildman–Crippen LogP) is 6.40. The number of nitrogens with one attached hydrogen (secondary N) is 1. The highest BCUT2D eigenvalue weighted by atomic mass is 19.4. The average Bonchev–Trinajstić information content (AvgIpc) is 2.80. The zero-order chi connectivity index (χ0) is 29.8. The maximum Gasteiger partial charge on any atom is 0.573 e. The largest absolute Gasteiger partial charge is 0.573 e. The van der Waals surface area contributed by atoms with Crippen molar-refractivity contribution >= 4 is 5.91 Å². The molecule has 0 aliphatic heterocycles. The summed E-state index contributed by atoms with van der Waals surface area (Å²) in [5.41, 5.74) is -2.27. The Balaban J connectivity index is 2.27. The summed E-state index contributed by atoms with van der Waals surface area (Å²) in [6.07, 6.45) is -20.0. The van der Waals surface area contributed by atoms with Crippen LogP contribution in [0.4, 0.5) is 39.5 Å². The number of hydrogen-bond acceptors (Lipinski definition) is 4. The molecule has 0 unspecified atom stereocenters. The van der Waals surface area contributed by atoms with Crippen LogP contribution in [0.3, 0.4) is 0 Å². The Morgan fingerprint density at radius 3 is 1.62 bits per heavy atom. The number of aliphatic hydroxyl groups excluding tert-OH is 1. The molecule has 0 fully saturated rings. The summed E-state index contributed by atoms with van der Waals surface area (Å²) in [5.74, 6) is -3.28. The molecule has 0 aliphatic rings. The Bertz CT molecular complexity index is 1230. The molecule has 0 heterocycles. The monoisotopic (exact) mass is 581 g/mol. The minimum Gasteiger partial charge on any atom is -0.406 e. The Morgan fingerprint density at radius 1 is 0.725 bits per heavy atom. The van der Waals surface area contributed by atoms with E-state index >= 15 is 0 Å². The van der Waals surface area contributed by atoms with Crippen molar-refractivity contribution in [3.63, 3.8) is 0 Å². The fourth-order valence-electron chi connectivity index (χ4n) is 4.15. The van der Waals surface area contributed by atoms with Crippen LogP contribution in [0.2, 0.25) is 0 Å². The van der Waals surface area contributed by atoms with Gasteiger partial charge in [0.25, 0.3) is 0 Å². The van der Waals surface area contributed by atoms with Gasteiger partial charge in [0, 0.05) is 0 Å². The fourth-order valence-corrected chi connectivity index (χ4v) is 4.15. The van der Waals surface area contributed by atoms with Crippen LogP contribution < -0.4 is 14.8 Å². The van der Waals surface area contributed by atoms with Gasteiger partial charge in [0.05, 0.1) is 5.41 Å². The third-order valence-electron chi connectivity index (χ3n) is 5.62. The van der Waals surface area contributed by atoms with E-state index in [-0.39, 0.29) is 11.1 Å². The molecular formula is C26H20F9NO4. The lowest BCUT2D eigenvalue weighted by Crippen LogP contribution is -2.53. The van der Waals surface area contributed by atoms with Crippen molar-refractivity contribution in [1.29, 1.82) is 0 Å².